The summed E-state index contributed by atoms with van der Waals surface area (Å²) in [5.74, 6) is 1.74. The Morgan fingerprint density at radius 1 is 1.55 bits per heavy atom. The Morgan fingerprint density at radius 2 is 2.27 bits per heavy atom. The van der Waals surface area contributed by atoms with Crippen molar-refractivity contribution in [3.63, 3.8) is 0 Å². The third kappa shape index (κ3) is 1.20. The topological polar surface area (TPSA) is 21.6 Å². The number of ether oxygens (including phenoxy) is 1. The van der Waals surface area contributed by atoms with Crippen molar-refractivity contribution in [2.24, 2.45) is 10.9 Å². The highest BCUT2D eigenvalue weighted by Gasteiger charge is 2.42. The Bertz CT molecular complexity index is 196. The number of aliphatic imine (C=N–C) groups is 1. The molecule has 1 fully saturated rings. The molecule has 2 rings (SSSR count). The molecular formula is C8H13NOS. The van der Waals surface area contributed by atoms with Gasteiger partial charge < -0.3 is 4.74 Å². The maximum atomic E-state index is 5.17. The summed E-state index contributed by atoms with van der Waals surface area (Å²) in [4.78, 5) is 4.68. The maximum Gasteiger partial charge on any atom is 0.117 e. The molecule has 1 saturated heterocycles. The molecule has 0 aromatic heterocycles. The highest BCUT2D eigenvalue weighted by Crippen LogP contribution is 2.35. The van der Waals surface area contributed by atoms with Gasteiger partial charge in [0.2, 0.25) is 0 Å². The van der Waals surface area contributed by atoms with Crippen LogP contribution in [0.1, 0.15) is 13.8 Å². The van der Waals surface area contributed by atoms with E-state index in [-0.39, 0.29) is 5.54 Å². The molecule has 2 aliphatic rings. The van der Waals surface area contributed by atoms with Gasteiger partial charge in [0.1, 0.15) is 5.54 Å². The third-order valence-electron chi connectivity index (χ3n) is 2.07. The van der Waals surface area contributed by atoms with Crippen LogP contribution in [0.5, 0.6) is 0 Å². The van der Waals surface area contributed by atoms with Crippen LogP contribution < -0.4 is 0 Å². The first-order chi connectivity index (χ1) is 5.22. The first-order valence-corrected chi connectivity index (χ1v) is 5.01. The van der Waals surface area contributed by atoms with Crippen LogP contribution in [0.3, 0.4) is 0 Å². The number of hydrogen-bond donors (Lipinski definition) is 0. The average molecular weight is 171 g/mol. The Morgan fingerprint density at radius 3 is 2.55 bits per heavy atom. The minimum Gasteiger partial charge on any atom is -0.376 e. The van der Waals surface area contributed by atoms with Gasteiger partial charge in [-0.2, -0.15) is 0 Å². The second kappa shape index (κ2) is 2.49. The molecule has 2 nitrogen and oxygen atoms in total. The molecule has 0 unspecified atom stereocenters. The molecule has 0 radical (unpaired) electrons. The first kappa shape index (κ1) is 7.62. The number of thioether (sulfide) groups is 1. The fraction of sp³-hybridized carbons (Fsp3) is 0.875. The van der Waals surface area contributed by atoms with Crippen LogP contribution >= 0.6 is 11.8 Å². The van der Waals surface area contributed by atoms with E-state index in [1.807, 2.05) is 11.8 Å². The van der Waals surface area contributed by atoms with Gasteiger partial charge in [-0.1, -0.05) is 13.8 Å². The third-order valence-corrected chi connectivity index (χ3v) is 3.61. The number of nitrogens with zero attached hydrogens (tertiary/aromatic N) is 1. The van der Waals surface area contributed by atoms with Gasteiger partial charge in [-0.3, -0.25) is 4.99 Å². The molecule has 0 N–H and O–H groups in total. The molecule has 0 aromatic rings. The SMILES string of the molecule is CC(C)C1=NC2(COC2)CS1. The van der Waals surface area contributed by atoms with E-state index in [1.54, 1.807) is 0 Å². The van der Waals surface area contributed by atoms with Gasteiger partial charge >= 0.3 is 0 Å². The Hall–Kier alpha value is -0.0200. The van der Waals surface area contributed by atoms with E-state index >= 15 is 0 Å². The van der Waals surface area contributed by atoms with Crippen molar-refractivity contribution in [3.8, 4) is 0 Å². The summed E-state index contributed by atoms with van der Waals surface area (Å²) >= 11 is 1.90. The van der Waals surface area contributed by atoms with E-state index in [2.05, 4.69) is 18.8 Å². The first-order valence-electron chi connectivity index (χ1n) is 4.02. The monoisotopic (exact) mass is 171 g/mol. The van der Waals surface area contributed by atoms with E-state index in [4.69, 9.17) is 4.74 Å². The van der Waals surface area contributed by atoms with Gasteiger partial charge in [-0.05, 0) is 0 Å². The Labute approximate surface area is 71.4 Å². The highest BCUT2D eigenvalue weighted by atomic mass is 32.2. The van der Waals surface area contributed by atoms with Crippen LogP contribution in [0.4, 0.5) is 0 Å². The van der Waals surface area contributed by atoms with E-state index < -0.39 is 0 Å². The number of rotatable bonds is 1. The smallest absolute Gasteiger partial charge is 0.117 e. The van der Waals surface area contributed by atoms with E-state index in [9.17, 15) is 0 Å². The molecule has 0 saturated carbocycles. The minimum atomic E-state index is 0.199. The summed E-state index contributed by atoms with van der Waals surface area (Å²) in [5.41, 5.74) is 0.199. The van der Waals surface area contributed by atoms with E-state index in [0.717, 1.165) is 19.0 Å². The lowest BCUT2D eigenvalue weighted by atomic mass is 10.0. The molecule has 62 valence electrons. The van der Waals surface area contributed by atoms with Crippen molar-refractivity contribution in [1.29, 1.82) is 0 Å². The fourth-order valence-corrected chi connectivity index (χ4v) is 2.53. The number of hydrogen-bond acceptors (Lipinski definition) is 3. The molecule has 0 aromatic carbocycles. The molecule has 0 atom stereocenters. The highest BCUT2D eigenvalue weighted by molar-refractivity contribution is 8.14. The summed E-state index contributed by atoms with van der Waals surface area (Å²) in [6.45, 7) is 6.08. The predicted octanol–water partition coefficient (Wildman–Crippen LogP) is 1.56. The average Bonchev–Trinajstić information content (AvgIpc) is 2.28. The van der Waals surface area contributed by atoms with Gasteiger partial charge in [-0.25, -0.2) is 0 Å². The van der Waals surface area contributed by atoms with Crippen LogP contribution in [0, 0.1) is 5.92 Å². The molecule has 3 heteroatoms. The van der Waals surface area contributed by atoms with E-state index in [0.29, 0.717) is 5.92 Å². The predicted molar refractivity (Wildman–Crippen MR) is 48.3 cm³/mol. The van der Waals surface area contributed by atoms with Crippen LogP contribution in [-0.2, 0) is 4.74 Å². The molecule has 0 amide bonds. The van der Waals surface area contributed by atoms with Crippen LogP contribution in [-0.4, -0.2) is 29.5 Å². The van der Waals surface area contributed by atoms with Gasteiger partial charge in [0.15, 0.2) is 0 Å². The lowest BCUT2D eigenvalue weighted by Crippen LogP contribution is -2.48. The van der Waals surface area contributed by atoms with Crippen molar-refractivity contribution in [3.05, 3.63) is 0 Å². The second-order valence-corrected chi connectivity index (χ2v) is 4.61. The van der Waals surface area contributed by atoms with Crippen molar-refractivity contribution in [1.82, 2.24) is 0 Å². The zero-order valence-corrected chi connectivity index (χ0v) is 7.78. The van der Waals surface area contributed by atoms with Gasteiger partial charge in [0.25, 0.3) is 0 Å². The molecule has 2 aliphatic heterocycles. The van der Waals surface area contributed by atoms with Gasteiger partial charge in [0.05, 0.1) is 18.3 Å². The second-order valence-electron chi connectivity index (χ2n) is 3.61. The lowest BCUT2D eigenvalue weighted by molar-refractivity contribution is -0.0380. The minimum absolute atomic E-state index is 0.199. The summed E-state index contributed by atoms with van der Waals surface area (Å²) in [6, 6.07) is 0. The molecule has 0 aliphatic carbocycles. The Kier molecular flexibility index (Phi) is 1.72. The largest absolute Gasteiger partial charge is 0.376 e. The van der Waals surface area contributed by atoms with Crippen LogP contribution in [0.15, 0.2) is 4.99 Å². The zero-order chi connectivity index (χ0) is 7.90. The maximum absolute atomic E-state index is 5.17. The summed E-state index contributed by atoms with van der Waals surface area (Å²) < 4.78 is 5.17. The molecule has 2 heterocycles. The van der Waals surface area contributed by atoms with Crippen molar-refractivity contribution in [2.75, 3.05) is 19.0 Å². The van der Waals surface area contributed by atoms with Crippen molar-refractivity contribution < 1.29 is 4.74 Å². The fourth-order valence-electron chi connectivity index (χ4n) is 1.29. The van der Waals surface area contributed by atoms with Gasteiger partial charge in [0, 0.05) is 11.7 Å². The lowest BCUT2D eigenvalue weighted by Gasteiger charge is -2.34. The van der Waals surface area contributed by atoms with Crippen LogP contribution in [0.25, 0.3) is 0 Å². The van der Waals surface area contributed by atoms with E-state index in [1.165, 1.54) is 5.04 Å². The standard InChI is InChI=1S/C8H13NOS/c1-6(2)7-9-8(5-11-7)3-10-4-8/h6H,3-5H2,1-2H3. The Balaban J connectivity index is 2.09. The van der Waals surface area contributed by atoms with Crippen molar-refractivity contribution in [2.45, 2.75) is 19.4 Å². The summed E-state index contributed by atoms with van der Waals surface area (Å²) in [5, 5.41) is 1.31. The summed E-state index contributed by atoms with van der Waals surface area (Å²) in [6.07, 6.45) is 0. The molecule has 11 heavy (non-hydrogen) atoms. The normalized spacial score (nSPS) is 27.4. The zero-order valence-electron chi connectivity index (χ0n) is 6.96. The van der Waals surface area contributed by atoms with Gasteiger partial charge in [-0.15, -0.1) is 11.8 Å². The molecule has 1 spiro atoms. The quantitative estimate of drug-likeness (QED) is 0.597. The summed E-state index contributed by atoms with van der Waals surface area (Å²) in [7, 11) is 0. The van der Waals surface area contributed by atoms with Crippen LogP contribution in [0.2, 0.25) is 0 Å². The van der Waals surface area contributed by atoms with Crippen molar-refractivity contribution >= 4 is 16.8 Å². The molecular weight excluding hydrogens is 158 g/mol. The molecule has 0 bridgehead atoms.